The van der Waals surface area contributed by atoms with Crippen LogP contribution in [0, 0.1) is 5.92 Å². The molecule has 0 bridgehead atoms. The maximum atomic E-state index is 5.78. The van der Waals surface area contributed by atoms with Crippen LogP contribution in [0.4, 0.5) is 11.4 Å². The third-order valence-electron chi connectivity index (χ3n) is 3.66. The smallest absolute Gasteiger partial charge is 0.123 e. The highest BCUT2D eigenvalue weighted by molar-refractivity contribution is 5.56. The second-order valence-corrected chi connectivity index (χ2v) is 6.82. The molecule has 1 saturated carbocycles. The Morgan fingerprint density at radius 2 is 1.75 bits per heavy atom. The largest absolute Gasteiger partial charge is 0.399 e. The Morgan fingerprint density at radius 1 is 1.10 bits per heavy atom. The molecule has 20 heavy (non-hydrogen) atoms. The number of anilines is 2. The lowest BCUT2D eigenvalue weighted by Gasteiger charge is -2.37. The van der Waals surface area contributed by atoms with E-state index in [9.17, 15) is 0 Å². The molecule has 1 fully saturated rings. The van der Waals surface area contributed by atoms with Crippen LogP contribution < -0.4 is 16.1 Å². The second-order valence-electron chi connectivity index (χ2n) is 6.82. The van der Waals surface area contributed by atoms with Crippen molar-refractivity contribution in [3.8, 4) is 0 Å². The predicted octanol–water partition coefficient (Wildman–Crippen LogP) is 2.90. The Kier molecular flexibility index (Phi) is 3.13. The van der Waals surface area contributed by atoms with Gasteiger partial charge in [0.2, 0.25) is 0 Å². The third kappa shape index (κ3) is 2.75. The van der Waals surface area contributed by atoms with Crippen molar-refractivity contribution < 1.29 is 0 Å². The normalized spacial score (nSPS) is 22.6. The average molecular weight is 272 g/mol. The molecule has 0 amide bonds. The summed E-state index contributed by atoms with van der Waals surface area (Å²) in [5, 5.41) is 2.26. The van der Waals surface area contributed by atoms with E-state index < -0.39 is 0 Å². The lowest BCUT2D eigenvalue weighted by atomic mass is 10.1. The monoisotopic (exact) mass is 272 g/mol. The zero-order valence-electron chi connectivity index (χ0n) is 12.5. The van der Waals surface area contributed by atoms with Gasteiger partial charge in [0.15, 0.2) is 0 Å². The molecule has 108 valence electrons. The summed E-state index contributed by atoms with van der Waals surface area (Å²) >= 11 is 0. The van der Waals surface area contributed by atoms with Gasteiger partial charge in [-0.2, -0.15) is 0 Å². The molecule has 4 heteroatoms. The summed E-state index contributed by atoms with van der Waals surface area (Å²) in [6.45, 7) is 6.57. The first-order valence-corrected chi connectivity index (χ1v) is 7.32. The molecule has 1 aromatic carbocycles. The maximum absolute atomic E-state index is 5.78. The molecule has 1 unspecified atom stereocenters. The number of hydrazine groups is 1. The summed E-state index contributed by atoms with van der Waals surface area (Å²) in [5.41, 5.74) is 11.4. The summed E-state index contributed by atoms with van der Waals surface area (Å²) in [6.07, 6.45) is 7.29. The van der Waals surface area contributed by atoms with Crippen molar-refractivity contribution in [3.05, 3.63) is 36.7 Å². The molecule has 0 spiro atoms. The van der Waals surface area contributed by atoms with E-state index in [4.69, 9.17) is 5.73 Å². The molecule has 1 aliphatic heterocycles. The van der Waals surface area contributed by atoms with Crippen molar-refractivity contribution >= 4 is 11.4 Å². The number of nitrogen functional groups attached to an aromatic ring is 1. The number of rotatable bonds is 3. The van der Waals surface area contributed by atoms with E-state index in [0.717, 1.165) is 11.6 Å². The summed E-state index contributed by atoms with van der Waals surface area (Å²) in [6, 6.07) is 8.12. The average Bonchev–Trinajstić information content (AvgIpc) is 3.11. The Balaban J connectivity index is 1.82. The Bertz CT molecular complexity index is 496. The SMILES string of the molecule is CC(C)(C)NN1C=CN(c2ccc(N)cc2)C1C1CC1. The predicted molar refractivity (Wildman–Crippen MR) is 83.7 cm³/mol. The Hall–Kier alpha value is -1.68. The molecule has 4 nitrogen and oxygen atoms in total. The van der Waals surface area contributed by atoms with Crippen molar-refractivity contribution in [3.63, 3.8) is 0 Å². The minimum absolute atomic E-state index is 0.0641. The highest BCUT2D eigenvalue weighted by Crippen LogP contribution is 2.41. The third-order valence-corrected chi connectivity index (χ3v) is 3.66. The highest BCUT2D eigenvalue weighted by atomic mass is 15.6. The van der Waals surface area contributed by atoms with E-state index in [1.807, 2.05) is 12.1 Å². The molecule has 1 aromatic rings. The van der Waals surface area contributed by atoms with Gasteiger partial charge in [0.25, 0.3) is 0 Å². The molecule has 0 saturated heterocycles. The Morgan fingerprint density at radius 3 is 2.30 bits per heavy atom. The number of benzene rings is 1. The zero-order valence-corrected chi connectivity index (χ0v) is 12.5. The van der Waals surface area contributed by atoms with Crippen LogP contribution in [-0.2, 0) is 0 Å². The van der Waals surface area contributed by atoms with Gasteiger partial charge in [0, 0.05) is 29.3 Å². The van der Waals surface area contributed by atoms with Crippen molar-refractivity contribution in [1.82, 2.24) is 10.4 Å². The van der Waals surface area contributed by atoms with E-state index in [0.29, 0.717) is 6.17 Å². The highest BCUT2D eigenvalue weighted by Gasteiger charge is 2.41. The van der Waals surface area contributed by atoms with E-state index in [1.54, 1.807) is 0 Å². The van der Waals surface area contributed by atoms with E-state index in [2.05, 4.69) is 60.6 Å². The maximum Gasteiger partial charge on any atom is 0.123 e. The fourth-order valence-electron chi connectivity index (χ4n) is 2.68. The van der Waals surface area contributed by atoms with Crippen LogP contribution in [0.1, 0.15) is 33.6 Å². The van der Waals surface area contributed by atoms with Crippen LogP contribution in [0.25, 0.3) is 0 Å². The molecular weight excluding hydrogens is 248 g/mol. The molecule has 0 radical (unpaired) electrons. The lowest BCUT2D eigenvalue weighted by molar-refractivity contribution is 0.137. The quantitative estimate of drug-likeness (QED) is 0.831. The second kappa shape index (κ2) is 4.70. The molecule has 1 aliphatic carbocycles. The van der Waals surface area contributed by atoms with Crippen LogP contribution in [0.15, 0.2) is 36.7 Å². The first kappa shape index (κ1) is 13.3. The van der Waals surface area contributed by atoms with Crippen LogP contribution in [-0.4, -0.2) is 16.7 Å². The number of hydrogen-bond acceptors (Lipinski definition) is 4. The molecule has 3 rings (SSSR count). The van der Waals surface area contributed by atoms with Crippen molar-refractivity contribution in [2.45, 2.75) is 45.3 Å². The first-order valence-electron chi connectivity index (χ1n) is 7.32. The van der Waals surface area contributed by atoms with Gasteiger partial charge in [-0.05, 0) is 63.8 Å². The molecule has 1 atom stereocenters. The minimum Gasteiger partial charge on any atom is -0.399 e. The van der Waals surface area contributed by atoms with Crippen LogP contribution in [0.3, 0.4) is 0 Å². The summed E-state index contributed by atoms with van der Waals surface area (Å²) in [7, 11) is 0. The van der Waals surface area contributed by atoms with Gasteiger partial charge in [0.05, 0.1) is 0 Å². The number of nitrogens with zero attached hydrogens (tertiary/aromatic N) is 2. The summed E-state index contributed by atoms with van der Waals surface area (Å²) in [4.78, 5) is 2.34. The summed E-state index contributed by atoms with van der Waals surface area (Å²) < 4.78 is 0. The zero-order chi connectivity index (χ0) is 14.3. The Labute approximate surface area is 121 Å². The van der Waals surface area contributed by atoms with Crippen LogP contribution >= 0.6 is 0 Å². The lowest BCUT2D eigenvalue weighted by Crippen LogP contribution is -2.53. The van der Waals surface area contributed by atoms with Crippen molar-refractivity contribution in [1.29, 1.82) is 0 Å². The fraction of sp³-hybridized carbons (Fsp3) is 0.500. The molecule has 3 N–H and O–H groups in total. The van der Waals surface area contributed by atoms with Gasteiger partial charge < -0.3 is 10.6 Å². The summed E-state index contributed by atoms with van der Waals surface area (Å²) in [5.74, 6) is 0.734. The molecule has 0 aromatic heterocycles. The number of nitrogens with two attached hydrogens (primary N) is 1. The van der Waals surface area contributed by atoms with Gasteiger partial charge in [-0.15, -0.1) is 0 Å². The van der Waals surface area contributed by atoms with Gasteiger partial charge in [-0.3, -0.25) is 5.01 Å². The van der Waals surface area contributed by atoms with Crippen LogP contribution in [0.2, 0.25) is 0 Å². The number of hydrogen-bond donors (Lipinski definition) is 2. The molecule has 1 heterocycles. The number of nitrogens with one attached hydrogen (secondary N) is 1. The van der Waals surface area contributed by atoms with E-state index >= 15 is 0 Å². The fourth-order valence-corrected chi connectivity index (χ4v) is 2.68. The van der Waals surface area contributed by atoms with Gasteiger partial charge >= 0.3 is 0 Å². The van der Waals surface area contributed by atoms with Crippen LogP contribution in [0.5, 0.6) is 0 Å². The van der Waals surface area contributed by atoms with Gasteiger partial charge in [-0.1, -0.05) is 0 Å². The standard InChI is InChI=1S/C16H24N4/c1-16(2,3)18-20-11-10-19(15(20)12-4-5-12)14-8-6-13(17)7-9-14/h6-12,15,18H,4-5,17H2,1-3H3. The first-order chi connectivity index (χ1) is 9.44. The van der Waals surface area contributed by atoms with Gasteiger partial charge in [-0.25, -0.2) is 5.43 Å². The van der Waals surface area contributed by atoms with Crippen molar-refractivity contribution in [2.24, 2.45) is 5.92 Å². The van der Waals surface area contributed by atoms with E-state index in [-0.39, 0.29) is 5.54 Å². The molecular formula is C16H24N4. The van der Waals surface area contributed by atoms with Gasteiger partial charge in [0.1, 0.15) is 6.17 Å². The minimum atomic E-state index is 0.0641. The molecule has 2 aliphatic rings. The topological polar surface area (TPSA) is 44.5 Å². The van der Waals surface area contributed by atoms with Crippen molar-refractivity contribution in [2.75, 3.05) is 10.6 Å². The van der Waals surface area contributed by atoms with E-state index in [1.165, 1.54) is 18.5 Å².